The summed E-state index contributed by atoms with van der Waals surface area (Å²) < 4.78 is 6.81. The van der Waals surface area contributed by atoms with Crippen LogP contribution in [0, 0.1) is 6.92 Å². The maximum atomic E-state index is 13.6. The zero-order valence-electron chi connectivity index (χ0n) is 20.5. The van der Waals surface area contributed by atoms with Crippen molar-refractivity contribution in [1.29, 1.82) is 0 Å². The molecule has 1 N–H and O–H groups in total. The fourth-order valence-corrected chi connectivity index (χ4v) is 4.21. The number of nitrogens with zero attached hydrogens (tertiary/aromatic N) is 1. The van der Waals surface area contributed by atoms with Crippen molar-refractivity contribution in [2.75, 3.05) is 6.61 Å². The van der Waals surface area contributed by atoms with Gasteiger partial charge in [-0.2, -0.15) is 0 Å². The summed E-state index contributed by atoms with van der Waals surface area (Å²) in [6.45, 7) is 6.08. The summed E-state index contributed by atoms with van der Waals surface area (Å²) in [5.41, 5.74) is 2.87. The first-order valence-corrected chi connectivity index (χ1v) is 12.7. The van der Waals surface area contributed by atoms with E-state index < -0.39 is 6.04 Å². The van der Waals surface area contributed by atoms with Crippen LogP contribution in [-0.4, -0.2) is 35.4 Å². The first kappa shape index (κ1) is 26.5. The lowest BCUT2D eigenvalue weighted by atomic mass is 10.0. The molecule has 3 aromatic rings. The standard InChI is InChI=1S/C29H33BrN2O3/c1-4-22(3)31-29(34)26(18-23-12-6-5-7-13-23)32(19-24-14-10-15-25(30)17-24)28(33)20-35-27-16-9-8-11-21(27)2/h5-17,22,26H,4,18-20H2,1-3H3,(H,31,34)/t22-,26-/m0/s1. The normalized spacial score (nSPS) is 12.5. The van der Waals surface area contributed by atoms with Crippen molar-refractivity contribution in [3.8, 4) is 5.75 Å². The number of ether oxygens (including phenoxy) is 1. The van der Waals surface area contributed by atoms with Crippen molar-refractivity contribution in [2.45, 2.75) is 52.2 Å². The van der Waals surface area contributed by atoms with Gasteiger partial charge in [-0.3, -0.25) is 9.59 Å². The van der Waals surface area contributed by atoms with Crippen LogP contribution in [0.25, 0.3) is 0 Å². The van der Waals surface area contributed by atoms with Crippen molar-refractivity contribution in [2.24, 2.45) is 0 Å². The van der Waals surface area contributed by atoms with Crippen LogP contribution in [0.5, 0.6) is 5.75 Å². The maximum absolute atomic E-state index is 13.6. The van der Waals surface area contributed by atoms with Gasteiger partial charge in [0.1, 0.15) is 11.8 Å². The molecule has 0 unspecified atom stereocenters. The van der Waals surface area contributed by atoms with E-state index in [0.717, 1.165) is 27.6 Å². The number of nitrogens with one attached hydrogen (secondary N) is 1. The number of amides is 2. The van der Waals surface area contributed by atoms with E-state index in [9.17, 15) is 9.59 Å². The lowest BCUT2D eigenvalue weighted by Crippen LogP contribution is -2.53. The number of carbonyl (C=O) groups excluding carboxylic acids is 2. The minimum atomic E-state index is -0.682. The topological polar surface area (TPSA) is 58.6 Å². The molecule has 184 valence electrons. The van der Waals surface area contributed by atoms with E-state index in [2.05, 4.69) is 21.2 Å². The van der Waals surface area contributed by atoms with Crippen LogP contribution in [0.4, 0.5) is 0 Å². The molecule has 0 aliphatic carbocycles. The van der Waals surface area contributed by atoms with E-state index >= 15 is 0 Å². The first-order valence-electron chi connectivity index (χ1n) is 11.9. The summed E-state index contributed by atoms with van der Waals surface area (Å²) in [4.78, 5) is 28.8. The van der Waals surface area contributed by atoms with Gasteiger partial charge in [0, 0.05) is 23.5 Å². The number of benzene rings is 3. The number of aryl methyl sites for hydroxylation is 1. The Morgan fingerprint density at radius 1 is 0.971 bits per heavy atom. The van der Waals surface area contributed by atoms with Crippen LogP contribution in [0.1, 0.15) is 37.0 Å². The van der Waals surface area contributed by atoms with E-state index in [-0.39, 0.29) is 24.5 Å². The summed E-state index contributed by atoms with van der Waals surface area (Å²) in [6.07, 6.45) is 1.22. The van der Waals surface area contributed by atoms with Gasteiger partial charge in [0.15, 0.2) is 6.61 Å². The Hall–Kier alpha value is -3.12. The lowest BCUT2D eigenvalue weighted by Gasteiger charge is -2.32. The minimum Gasteiger partial charge on any atom is -0.484 e. The second kappa shape index (κ2) is 13.1. The lowest BCUT2D eigenvalue weighted by molar-refractivity contribution is -0.143. The largest absolute Gasteiger partial charge is 0.484 e. The van der Waals surface area contributed by atoms with Gasteiger partial charge in [-0.05, 0) is 55.2 Å². The number of halogens is 1. The summed E-state index contributed by atoms with van der Waals surface area (Å²) in [6, 6.07) is 24.5. The fraction of sp³-hybridized carbons (Fsp3) is 0.310. The van der Waals surface area contributed by atoms with Crippen molar-refractivity contribution in [3.63, 3.8) is 0 Å². The second-order valence-electron chi connectivity index (χ2n) is 8.73. The third kappa shape index (κ3) is 7.96. The maximum Gasteiger partial charge on any atom is 0.261 e. The van der Waals surface area contributed by atoms with E-state index in [4.69, 9.17) is 4.74 Å². The number of hydrogen-bond acceptors (Lipinski definition) is 3. The molecule has 6 heteroatoms. The van der Waals surface area contributed by atoms with Crippen molar-refractivity contribution < 1.29 is 14.3 Å². The van der Waals surface area contributed by atoms with Crippen molar-refractivity contribution >= 4 is 27.7 Å². The zero-order valence-corrected chi connectivity index (χ0v) is 22.1. The van der Waals surface area contributed by atoms with Gasteiger partial charge in [-0.15, -0.1) is 0 Å². The predicted octanol–water partition coefficient (Wildman–Crippen LogP) is 5.69. The van der Waals surface area contributed by atoms with Gasteiger partial charge in [0.05, 0.1) is 0 Å². The first-order chi connectivity index (χ1) is 16.9. The Morgan fingerprint density at radius 2 is 1.66 bits per heavy atom. The Labute approximate surface area is 216 Å². The zero-order chi connectivity index (χ0) is 25.2. The Bertz CT molecular complexity index is 1120. The van der Waals surface area contributed by atoms with Crippen LogP contribution in [0.3, 0.4) is 0 Å². The summed E-state index contributed by atoms with van der Waals surface area (Å²) in [7, 11) is 0. The molecule has 0 radical (unpaired) electrons. The molecule has 2 amide bonds. The second-order valence-corrected chi connectivity index (χ2v) is 9.64. The van der Waals surface area contributed by atoms with Crippen LogP contribution >= 0.6 is 15.9 Å². The van der Waals surface area contributed by atoms with Gasteiger partial charge in [0.2, 0.25) is 5.91 Å². The molecule has 2 atom stereocenters. The van der Waals surface area contributed by atoms with Crippen LogP contribution < -0.4 is 10.1 Å². The summed E-state index contributed by atoms with van der Waals surface area (Å²) in [5.74, 6) is 0.253. The minimum absolute atomic E-state index is 0.00631. The van der Waals surface area contributed by atoms with Gasteiger partial charge >= 0.3 is 0 Å². The van der Waals surface area contributed by atoms with E-state index in [1.54, 1.807) is 4.90 Å². The van der Waals surface area contributed by atoms with Crippen molar-refractivity contribution in [1.82, 2.24) is 10.2 Å². The van der Waals surface area contributed by atoms with Crippen LogP contribution in [-0.2, 0) is 22.6 Å². The molecule has 0 aliphatic heterocycles. The molecular formula is C29H33BrN2O3. The molecule has 5 nitrogen and oxygen atoms in total. The highest BCUT2D eigenvalue weighted by Gasteiger charge is 2.31. The quantitative estimate of drug-likeness (QED) is 0.342. The van der Waals surface area contributed by atoms with Gasteiger partial charge in [-0.1, -0.05) is 83.5 Å². The Morgan fingerprint density at radius 3 is 2.34 bits per heavy atom. The van der Waals surface area contributed by atoms with Gasteiger partial charge in [0.25, 0.3) is 5.91 Å². The summed E-state index contributed by atoms with van der Waals surface area (Å²) in [5, 5.41) is 3.08. The van der Waals surface area contributed by atoms with E-state index in [1.165, 1.54) is 0 Å². The van der Waals surface area contributed by atoms with Gasteiger partial charge in [-0.25, -0.2) is 0 Å². The molecule has 0 aromatic heterocycles. The monoisotopic (exact) mass is 536 g/mol. The molecule has 3 aromatic carbocycles. The highest BCUT2D eigenvalue weighted by molar-refractivity contribution is 9.10. The number of para-hydroxylation sites is 1. The molecule has 0 fully saturated rings. The molecule has 3 rings (SSSR count). The Kier molecular flexibility index (Phi) is 9.91. The van der Waals surface area contributed by atoms with Crippen LogP contribution in [0.2, 0.25) is 0 Å². The fourth-order valence-electron chi connectivity index (χ4n) is 3.77. The molecule has 0 saturated heterocycles. The van der Waals surface area contributed by atoms with Gasteiger partial charge < -0.3 is 15.0 Å². The third-order valence-electron chi connectivity index (χ3n) is 5.96. The molecule has 0 bridgehead atoms. The smallest absolute Gasteiger partial charge is 0.261 e. The molecule has 0 saturated carbocycles. The third-order valence-corrected chi connectivity index (χ3v) is 6.45. The average molecular weight is 537 g/mol. The van der Waals surface area contributed by atoms with Crippen molar-refractivity contribution in [3.05, 3.63) is 100 Å². The predicted molar refractivity (Wildman–Crippen MR) is 143 cm³/mol. The molecule has 0 spiro atoms. The average Bonchev–Trinajstić information content (AvgIpc) is 2.86. The molecule has 0 aliphatic rings. The number of hydrogen-bond donors (Lipinski definition) is 1. The summed E-state index contributed by atoms with van der Waals surface area (Å²) >= 11 is 3.51. The number of carbonyl (C=O) groups is 2. The SMILES string of the molecule is CC[C@H](C)NC(=O)[C@H](Cc1ccccc1)N(Cc1cccc(Br)c1)C(=O)COc1ccccc1C. The number of rotatable bonds is 11. The highest BCUT2D eigenvalue weighted by Crippen LogP contribution is 2.20. The highest BCUT2D eigenvalue weighted by atomic mass is 79.9. The molecule has 35 heavy (non-hydrogen) atoms. The molecule has 0 heterocycles. The Balaban J connectivity index is 1.92. The molecular weight excluding hydrogens is 504 g/mol. The van der Waals surface area contributed by atoms with E-state index in [0.29, 0.717) is 18.7 Å². The van der Waals surface area contributed by atoms with Crippen LogP contribution in [0.15, 0.2) is 83.3 Å². The van der Waals surface area contributed by atoms with E-state index in [1.807, 2.05) is 99.6 Å².